The highest BCUT2D eigenvalue weighted by molar-refractivity contribution is 5.92. The first-order valence-electron chi connectivity index (χ1n) is 8.98. The summed E-state index contributed by atoms with van der Waals surface area (Å²) in [6.07, 6.45) is 9.37. The monoisotopic (exact) mass is 318 g/mol. The lowest BCUT2D eigenvalue weighted by Crippen LogP contribution is -2.35. The van der Waals surface area contributed by atoms with E-state index in [-0.39, 0.29) is 5.91 Å². The SMILES string of the molecule is CCCCN(C)c1nc(C)cc(C(=O)NC2CCCCCC2)n1. The minimum Gasteiger partial charge on any atom is -0.348 e. The van der Waals surface area contributed by atoms with Crippen LogP contribution in [0.5, 0.6) is 0 Å². The maximum atomic E-state index is 12.5. The number of aromatic nitrogens is 2. The molecule has 1 amide bonds. The first kappa shape index (κ1) is 17.7. The highest BCUT2D eigenvalue weighted by atomic mass is 16.1. The molecule has 0 bridgehead atoms. The molecule has 1 aromatic heterocycles. The summed E-state index contributed by atoms with van der Waals surface area (Å²) in [7, 11) is 1.98. The summed E-state index contributed by atoms with van der Waals surface area (Å²) < 4.78 is 0. The van der Waals surface area contributed by atoms with Crippen LogP contribution in [0.25, 0.3) is 0 Å². The van der Waals surface area contributed by atoms with Crippen LogP contribution in [0.1, 0.15) is 74.5 Å². The fourth-order valence-electron chi connectivity index (χ4n) is 3.02. The molecule has 0 radical (unpaired) electrons. The second-order valence-corrected chi connectivity index (χ2v) is 6.63. The molecule has 128 valence electrons. The van der Waals surface area contributed by atoms with Crippen molar-refractivity contribution in [3.63, 3.8) is 0 Å². The Bertz CT molecular complexity index is 510. The highest BCUT2D eigenvalue weighted by Gasteiger charge is 2.18. The van der Waals surface area contributed by atoms with Crippen molar-refractivity contribution in [3.8, 4) is 0 Å². The highest BCUT2D eigenvalue weighted by Crippen LogP contribution is 2.18. The van der Waals surface area contributed by atoms with Gasteiger partial charge in [-0.25, -0.2) is 9.97 Å². The normalized spacial score (nSPS) is 16.0. The molecular weight excluding hydrogens is 288 g/mol. The van der Waals surface area contributed by atoms with Crippen LogP contribution >= 0.6 is 0 Å². The molecule has 1 aliphatic carbocycles. The van der Waals surface area contributed by atoms with E-state index in [0.717, 1.165) is 37.9 Å². The first-order chi connectivity index (χ1) is 11.1. The van der Waals surface area contributed by atoms with Gasteiger partial charge in [0.15, 0.2) is 0 Å². The van der Waals surface area contributed by atoms with Gasteiger partial charge in [0, 0.05) is 25.3 Å². The number of unbranched alkanes of at least 4 members (excludes halogenated alkanes) is 1. The van der Waals surface area contributed by atoms with Crippen molar-refractivity contribution in [3.05, 3.63) is 17.5 Å². The minimum atomic E-state index is -0.0625. The van der Waals surface area contributed by atoms with Crippen LogP contribution in [0, 0.1) is 6.92 Å². The standard InChI is InChI=1S/C18H30N4O/c1-4-5-12-22(3)18-19-14(2)13-16(21-18)17(23)20-15-10-8-6-7-9-11-15/h13,15H,4-12H2,1-3H3,(H,20,23). The fraction of sp³-hybridized carbons (Fsp3) is 0.722. The molecule has 1 N–H and O–H groups in total. The number of amides is 1. The maximum absolute atomic E-state index is 12.5. The summed E-state index contributed by atoms with van der Waals surface area (Å²) in [6.45, 7) is 4.99. The van der Waals surface area contributed by atoms with Crippen LogP contribution in [0.15, 0.2) is 6.07 Å². The second kappa shape index (κ2) is 8.85. The van der Waals surface area contributed by atoms with E-state index in [1.807, 2.05) is 18.9 Å². The zero-order valence-electron chi connectivity index (χ0n) is 14.8. The third-order valence-corrected chi connectivity index (χ3v) is 4.45. The van der Waals surface area contributed by atoms with Crippen LogP contribution < -0.4 is 10.2 Å². The summed E-state index contributed by atoms with van der Waals surface area (Å²) in [4.78, 5) is 23.5. The lowest BCUT2D eigenvalue weighted by Gasteiger charge is -2.19. The van der Waals surface area contributed by atoms with Crippen LogP contribution in [0.3, 0.4) is 0 Å². The average molecular weight is 318 g/mol. The molecule has 5 heteroatoms. The van der Waals surface area contributed by atoms with Gasteiger partial charge in [-0.3, -0.25) is 4.79 Å². The Morgan fingerprint density at radius 3 is 2.61 bits per heavy atom. The van der Waals surface area contributed by atoms with Crippen molar-refractivity contribution in [2.24, 2.45) is 0 Å². The van der Waals surface area contributed by atoms with Gasteiger partial charge in [0.05, 0.1) is 0 Å². The van der Waals surface area contributed by atoms with Gasteiger partial charge in [0.1, 0.15) is 5.69 Å². The van der Waals surface area contributed by atoms with E-state index >= 15 is 0 Å². The molecule has 0 unspecified atom stereocenters. The average Bonchev–Trinajstić information content (AvgIpc) is 2.80. The molecule has 1 aromatic rings. The lowest BCUT2D eigenvalue weighted by molar-refractivity contribution is 0.0928. The van der Waals surface area contributed by atoms with Gasteiger partial charge >= 0.3 is 0 Å². The molecule has 0 spiro atoms. The Hall–Kier alpha value is -1.65. The summed E-state index contributed by atoms with van der Waals surface area (Å²) in [5.41, 5.74) is 1.32. The Morgan fingerprint density at radius 2 is 1.96 bits per heavy atom. The maximum Gasteiger partial charge on any atom is 0.270 e. The van der Waals surface area contributed by atoms with Crippen molar-refractivity contribution < 1.29 is 4.79 Å². The number of rotatable bonds is 6. The molecule has 2 rings (SSSR count). The smallest absolute Gasteiger partial charge is 0.270 e. The zero-order chi connectivity index (χ0) is 16.7. The molecule has 5 nitrogen and oxygen atoms in total. The van der Waals surface area contributed by atoms with Crippen molar-refractivity contribution >= 4 is 11.9 Å². The van der Waals surface area contributed by atoms with E-state index in [0.29, 0.717) is 17.7 Å². The Kier molecular flexibility index (Phi) is 6.81. The minimum absolute atomic E-state index is 0.0625. The Labute approximate surface area is 139 Å². The number of anilines is 1. The van der Waals surface area contributed by atoms with Crippen LogP contribution in [0.4, 0.5) is 5.95 Å². The predicted octanol–water partition coefficient (Wildman–Crippen LogP) is 3.47. The van der Waals surface area contributed by atoms with Crippen LogP contribution in [-0.4, -0.2) is 35.5 Å². The Morgan fingerprint density at radius 1 is 1.26 bits per heavy atom. The summed E-state index contributed by atoms with van der Waals surface area (Å²) in [5, 5.41) is 3.16. The lowest BCUT2D eigenvalue weighted by atomic mass is 10.1. The molecule has 1 fully saturated rings. The van der Waals surface area contributed by atoms with E-state index in [2.05, 4.69) is 22.2 Å². The molecule has 0 saturated heterocycles. The van der Waals surface area contributed by atoms with E-state index in [1.54, 1.807) is 6.07 Å². The van der Waals surface area contributed by atoms with Crippen LogP contribution in [-0.2, 0) is 0 Å². The van der Waals surface area contributed by atoms with Gasteiger partial charge in [0.2, 0.25) is 5.95 Å². The van der Waals surface area contributed by atoms with E-state index in [4.69, 9.17) is 0 Å². The van der Waals surface area contributed by atoms with E-state index in [1.165, 1.54) is 25.7 Å². The van der Waals surface area contributed by atoms with Crippen molar-refractivity contribution in [1.29, 1.82) is 0 Å². The Balaban J connectivity index is 2.05. The predicted molar refractivity (Wildman–Crippen MR) is 93.9 cm³/mol. The number of nitrogens with zero attached hydrogens (tertiary/aromatic N) is 3. The van der Waals surface area contributed by atoms with Gasteiger partial charge in [-0.2, -0.15) is 0 Å². The van der Waals surface area contributed by atoms with Gasteiger partial charge in [0.25, 0.3) is 5.91 Å². The molecule has 0 aromatic carbocycles. The number of aryl methyl sites for hydroxylation is 1. The quantitative estimate of drug-likeness (QED) is 0.816. The third-order valence-electron chi connectivity index (χ3n) is 4.45. The third kappa shape index (κ3) is 5.48. The number of nitrogens with one attached hydrogen (secondary N) is 1. The van der Waals surface area contributed by atoms with E-state index < -0.39 is 0 Å². The van der Waals surface area contributed by atoms with E-state index in [9.17, 15) is 4.79 Å². The molecule has 1 heterocycles. The number of carbonyl (C=O) groups excluding carboxylic acids is 1. The van der Waals surface area contributed by atoms with Crippen molar-refractivity contribution in [1.82, 2.24) is 15.3 Å². The first-order valence-corrected chi connectivity index (χ1v) is 8.98. The zero-order valence-corrected chi connectivity index (χ0v) is 14.8. The molecule has 1 aliphatic rings. The topological polar surface area (TPSA) is 58.1 Å². The number of carbonyl (C=O) groups is 1. The van der Waals surface area contributed by atoms with Gasteiger partial charge in [-0.05, 0) is 32.3 Å². The second-order valence-electron chi connectivity index (χ2n) is 6.63. The molecule has 0 atom stereocenters. The number of hydrogen-bond donors (Lipinski definition) is 1. The summed E-state index contributed by atoms with van der Waals surface area (Å²) in [6, 6.07) is 2.07. The van der Waals surface area contributed by atoms with Gasteiger partial charge < -0.3 is 10.2 Å². The van der Waals surface area contributed by atoms with Crippen molar-refractivity contribution in [2.45, 2.75) is 71.3 Å². The molecule has 0 aliphatic heterocycles. The fourth-order valence-corrected chi connectivity index (χ4v) is 3.02. The molecule has 1 saturated carbocycles. The van der Waals surface area contributed by atoms with Gasteiger partial charge in [-0.15, -0.1) is 0 Å². The summed E-state index contributed by atoms with van der Waals surface area (Å²) in [5.74, 6) is 0.581. The van der Waals surface area contributed by atoms with Gasteiger partial charge in [-0.1, -0.05) is 39.0 Å². The van der Waals surface area contributed by atoms with Crippen LogP contribution in [0.2, 0.25) is 0 Å². The summed E-state index contributed by atoms with van der Waals surface area (Å²) >= 11 is 0. The largest absolute Gasteiger partial charge is 0.348 e. The molecular formula is C18H30N4O. The molecule has 23 heavy (non-hydrogen) atoms. The number of hydrogen-bond acceptors (Lipinski definition) is 4. The van der Waals surface area contributed by atoms with Crippen molar-refractivity contribution in [2.75, 3.05) is 18.5 Å².